The van der Waals surface area contributed by atoms with Gasteiger partial charge in [0.2, 0.25) is 5.69 Å². The van der Waals surface area contributed by atoms with Gasteiger partial charge in [-0.25, -0.2) is 9.59 Å². The third-order valence-corrected chi connectivity index (χ3v) is 5.17. The molecule has 0 unspecified atom stereocenters. The lowest BCUT2D eigenvalue weighted by Gasteiger charge is -2.06. The third-order valence-electron chi connectivity index (χ3n) is 3.41. The Hall–Kier alpha value is -2.78. The van der Waals surface area contributed by atoms with Crippen molar-refractivity contribution in [3.63, 3.8) is 0 Å². The first-order valence-electron chi connectivity index (χ1n) is 7.37. The number of aromatic carboxylic acids is 1. The molecule has 3 aromatic rings. The van der Waals surface area contributed by atoms with Gasteiger partial charge in [-0.3, -0.25) is 9.78 Å². The van der Waals surface area contributed by atoms with E-state index in [2.05, 4.69) is 5.10 Å². The molecule has 0 spiro atoms. The van der Waals surface area contributed by atoms with Gasteiger partial charge < -0.3 is 5.11 Å². The summed E-state index contributed by atoms with van der Waals surface area (Å²) < 4.78 is 0.854. The van der Waals surface area contributed by atoms with Crippen LogP contribution in [0.2, 0.25) is 0 Å². The standard InChI is InChI=1S/C17H13N3O4S2/c1-25-11-6-8-13(9-7-11)26-12-4-2-10(3-5-12)20-17(24)18-15(21)14(19-20)16(22)23/h2-9H,1H3,(H,22,23)(H,18,21,24). The molecule has 0 bridgehead atoms. The number of carboxylic acid groups (broad SMARTS) is 1. The van der Waals surface area contributed by atoms with E-state index < -0.39 is 22.9 Å². The summed E-state index contributed by atoms with van der Waals surface area (Å²) in [6.07, 6.45) is 2.02. The normalized spacial score (nSPS) is 10.7. The number of carbonyl (C=O) groups is 1. The van der Waals surface area contributed by atoms with Crippen LogP contribution in [0.5, 0.6) is 0 Å². The van der Waals surface area contributed by atoms with Gasteiger partial charge in [0, 0.05) is 14.7 Å². The summed E-state index contributed by atoms with van der Waals surface area (Å²) in [7, 11) is 0. The highest BCUT2D eigenvalue weighted by Crippen LogP contribution is 2.29. The van der Waals surface area contributed by atoms with Crippen molar-refractivity contribution < 1.29 is 9.90 Å². The van der Waals surface area contributed by atoms with E-state index in [1.165, 1.54) is 4.90 Å². The Labute approximate surface area is 156 Å². The zero-order valence-electron chi connectivity index (χ0n) is 13.5. The Kier molecular flexibility index (Phi) is 5.29. The fourth-order valence-corrected chi connectivity index (χ4v) is 3.37. The highest BCUT2D eigenvalue weighted by atomic mass is 32.2. The summed E-state index contributed by atoms with van der Waals surface area (Å²) in [6.45, 7) is 0. The molecule has 0 amide bonds. The number of nitrogens with zero attached hydrogens (tertiary/aromatic N) is 2. The number of hydrogen-bond acceptors (Lipinski definition) is 6. The fourth-order valence-electron chi connectivity index (χ4n) is 2.15. The van der Waals surface area contributed by atoms with Crippen LogP contribution in [0.1, 0.15) is 10.5 Å². The van der Waals surface area contributed by atoms with Gasteiger partial charge >= 0.3 is 11.7 Å². The zero-order valence-corrected chi connectivity index (χ0v) is 15.1. The Morgan fingerprint density at radius 1 is 1.00 bits per heavy atom. The van der Waals surface area contributed by atoms with Crippen molar-refractivity contribution in [3.05, 3.63) is 75.1 Å². The maximum absolute atomic E-state index is 11.9. The monoisotopic (exact) mass is 387 g/mol. The van der Waals surface area contributed by atoms with Crippen LogP contribution in [0.4, 0.5) is 0 Å². The van der Waals surface area contributed by atoms with E-state index in [0.29, 0.717) is 5.69 Å². The van der Waals surface area contributed by atoms with Crippen LogP contribution in [0, 0.1) is 0 Å². The molecule has 2 N–H and O–H groups in total. The molecule has 2 aromatic carbocycles. The van der Waals surface area contributed by atoms with E-state index in [9.17, 15) is 14.4 Å². The van der Waals surface area contributed by atoms with Gasteiger partial charge in [0.25, 0.3) is 5.56 Å². The minimum atomic E-state index is -1.50. The van der Waals surface area contributed by atoms with E-state index in [-0.39, 0.29) is 0 Å². The molecule has 26 heavy (non-hydrogen) atoms. The molecule has 0 saturated carbocycles. The average molecular weight is 387 g/mol. The topological polar surface area (TPSA) is 105 Å². The zero-order chi connectivity index (χ0) is 18.7. The second-order valence-corrected chi connectivity index (χ2v) is 7.12. The predicted molar refractivity (Wildman–Crippen MR) is 99.8 cm³/mol. The molecule has 0 atom stereocenters. The number of nitrogens with one attached hydrogen (secondary N) is 1. The second kappa shape index (κ2) is 7.63. The van der Waals surface area contributed by atoms with Crippen LogP contribution in [-0.2, 0) is 0 Å². The minimum absolute atomic E-state index is 0.357. The van der Waals surface area contributed by atoms with Crippen molar-refractivity contribution in [1.82, 2.24) is 14.8 Å². The number of rotatable bonds is 5. The van der Waals surface area contributed by atoms with Gasteiger partial charge in [-0.15, -0.1) is 11.8 Å². The van der Waals surface area contributed by atoms with Crippen molar-refractivity contribution in [3.8, 4) is 5.69 Å². The molecule has 7 nitrogen and oxygen atoms in total. The van der Waals surface area contributed by atoms with E-state index in [0.717, 1.165) is 14.5 Å². The number of carboxylic acids is 1. The predicted octanol–water partition coefficient (Wildman–Crippen LogP) is 2.49. The van der Waals surface area contributed by atoms with Crippen molar-refractivity contribution in [2.45, 2.75) is 14.7 Å². The maximum atomic E-state index is 11.9. The maximum Gasteiger partial charge on any atom is 0.362 e. The number of aromatic nitrogens is 3. The van der Waals surface area contributed by atoms with E-state index >= 15 is 0 Å². The summed E-state index contributed by atoms with van der Waals surface area (Å²) >= 11 is 3.23. The first-order valence-corrected chi connectivity index (χ1v) is 9.41. The lowest BCUT2D eigenvalue weighted by atomic mass is 10.3. The number of thioether (sulfide) groups is 1. The molecular formula is C17H13N3O4S2. The van der Waals surface area contributed by atoms with Gasteiger partial charge in [0.15, 0.2) is 0 Å². The van der Waals surface area contributed by atoms with Crippen LogP contribution in [0.15, 0.2) is 72.8 Å². The minimum Gasteiger partial charge on any atom is -0.476 e. The summed E-state index contributed by atoms with van der Waals surface area (Å²) in [5, 5.41) is 12.6. The summed E-state index contributed by atoms with van der Waals surface area (Å²) in [4.78, 5) is 39.5. The number of H-pyrrole nitrogens is 1. The van der Waals surface area contributed by atoms with E-state index in [1.54, 1.807) is 47.8 Å². The highest BCUT2D eigenvalue weighted by molar-refractivity contribution is 7.99. The molecule has 0 fully saturated rings. The third kappa shape index (κ3) is 3.89. The number of aromatic amines is 1. The molecule has 0 aliphatic carbocycles. The van der Waals surface area contributed by atoms with Crippen LogP contribution >= 0.6 is 23.5 Å². The Balaban J connectivity index is 1.87. The van der Waals surface area contributed by atoms with Gasteiger partial charge in [-0.2, -0.15) is 9.78 Å². The molecule has 0 aliphatic heterocycles. The molecule has 0 saturated heterocycles. The second-order valence-electron chi connectivity index (χ2n) is 5.10. The van der Waals surface area contributed by atoms with E-state index in [1.807, 2.05) is 35.5 Å². The lowest BCUT2D eigenvalue weighted by Crippen LogP contribution is -2.35. The number of hydrogen-bond donors (Lipinski definition) is 2. The van der Waals surface area contributed by atoms with Crippen LogP contribution in [0.25, 0.3) is 5.69 Å². The largest absolute Gasteiger partial charge is 0.476 e. The molecule has 1 heterocycles. The van der Waals surface area contributed by atoms with Crippen molar-refractivity contribution in [2.24, 2.45) is 0 Å². The molecule has 1 aromatic heterocycles. The Morgan fingerprint density at radius 3 is 2.08 bits per heavy atom. The quantitative estimate of drug-likeness (QED) is 0.648. The van der Waals surface area contributed by atoms with E-state index in [4.69, 9.17) is 5.11 Å². The number of benzene rings is 2. The van der Waals surface area contributed by atoms with Crippen molar-refractivity contribution >= 4 is 29.5 Å². The average Bonchev–Trinajstić information content (AvgIpc) is 2.63. The highest BCUT2D eigenvalue weighted by Gasteiger charge is 2.14. The summed E-state index contributed by atoms with van der Waals surface area (Å²) in [5.74, 6) is -1.50. The first kappa shape index (κ1) is 18.0. The molecule has 3 rings (SSSR count). The fraction of sp³-hybridized carbons (Fsp3) is 0.0588. The Morgan fingerprint density at radius 2 is 1.54 bits per heavy atom. The summed E-state index contributed by atoms with van der Waals surface area (Å²) in [6, 6.07) is 15.0. The summed E-state index contributed by atoms with van der Waals surface area (Å²) in [5.41, 5.74) is -2.21. The van der Waals surface area contributed by atoms with Gasteiger partial charge in [0.1, 0.15) is 0 Å². The lowest BCUT2D eigenvalue weighted by molar-refractivity contribution is 0.0685. The molecule has 0 radical (unpaired) electrons. The Bertz CT molecular complexity index is 1060. The first-order chi connectivity index (χ1) is 12.5. The van der Waals surface area contributed by atoms with Crippen LogP contribution in [-0.4, -0.2) is 32.1 Å². The van der Waals surface area contributed by atoms with Crippen molar-refractivity contribution in [2.75, 3.05) is 6.26 Å². The van der Waals surface area contributed by atoms with Crippen LogP contribution < -0.4 is 11.2 Å². The molecular weight excluding hydrogens is 374 g/mol. The molecule has 0 aliphatic rings. The van der Waals surface area contributed by atoms with Crippen LogP contribution in [0.3, 0.4) is 0 Å². The smallest absolute Gasteiger partial charge is 0.362 e. The van der Waals surface area contributed by atoms with Gasteiger partial charge in [-0.1, -0.05) is 11.8 Å². The van der Waals surface area contributed by atoms with Gasteiger partial charge in [-0.05, 0) is 54.8 Å². The van der Waals surface area contributed by atoms with Crippen molar-refractivity contribution in [1.29, 1.82) is 0 Å². The molecule has 132 valence electrons. The molecule has 9 heteroatoms. The SMILES string of the molecule is CSc1ccc(Sc2ccc(-n3nc(C(=O)O)c(=O)[nH]c3=O)cc2)cc1. The van der Waals surface area contributed by atoms with Gasteiger partial charge in [0.05, 0.1) is 5.69 Å².